The smallest absolute Gasteiger partial charge is 0.303 e. The van der Waals surface area contributed by atoms with Gasteiger partial charge in [-0.05, 0) is 18.2 Å². The fourth-order valence-electron chi connectivity index (χ4n) is 5.36. The lowest BCUT2D eigenvalue weighted by Crippen LogP contribution is -2.60. The van der Waals surface area contributed by atoms with E-state index in [0.717, 1.165) is 27.7 Å². The summed E-state index contributed by atoms with van der Waals surface area (Å²) in [4.78, 5) is 69.7. The average molecular weight is 594 g/mol. The van der Waals surface area contributed by atoms with Crippen molar-refractivity contribution in [3.8, 4) is 5.88 Å². The monoisotopic (exact) mass is 593 g/mol. The van der Waals surface area contributed by atoms with Crippen molar-refractivity contribution in [2.75, 3.05) is 6.61 Å². The van der Waals surface area contributed by atoms with Crippen LogP contribution in [0.3, 0.4) is 0 Å². The second-order valence-corrected chi connectivity index (χ2v) is 9.84. The maximum Gasteiger partial charge on any atom is 0.303 e. The van der Waals surface area contributed by atoms with Crippen molar-refractivity contribution in [2.45, 2.75) is 58.3 Å². The van der Waals surface area contributed by atoms with Gasteiger partial charge >= 0.3 is 23.9 Å². The summed E-state index contributed by atoms with van der Waals surface area (Å²) in [6.45, 7) is 4.06. The number of hydrogen-bond acceptors (Lipinski definition) is 12. The van der Waals surface area contributed by atoms with Crippen LogP contribution >= 0.6 is 0 Å². The molecule has 0 spiro atoms. The molecule has 3 aromatic rings. The van der Waals surface area contributed by atoms with Crippen molar-refractivity contribution < 1.29 is 52.8 Å². The Hall–Kier alpha value is -5.11. The summed E-state index contributed by atoms with van der Waals surface area (Å²) in [6, 6.07) is 9.95. The number of amides is 1. The van der Waals surface area contributed by atoms with Crippen LogP contribution in [-0.4, -0.2) is 75.5 Å². The Kier molecular flexibility index (Phi) is 7.96. The third kappa shape index (κ3) is 5.56. The third-order valence-electron chi connectivity index (χ3n) is 6.83. The van der Waals surface area contributed by atoms with E-state index in [-0.39, 0.29) is 16.6 Å². The van der Waals surface area contributed by atoms with Crippen LogP contribution in [0.5, 0.6) is 5.88 Å². The highest BCUT2D eigenvalue weighted by Crippen LogP contribution is 2.43. The molecule has 0 radical (unpaired) electrons. The van der Waals surface area contributed by atoms with Gasteiger partial charge in [0, 0.05) is 44.5 Å². The normalized spacial score (nSPS) is 22.8. The van der Waals surface area contributed by atoms with Crippen LogP contribution in [0.15, 0.2) is 47.6 Å². The summed E-state index contributed by atoms with van der Waals surface area (Å²) in [5.74, 6) is -4.14. The van der Waals surface area contributed by atoms with Gasteiger partial charge in [0.1, 0.15) is 12.7 Å². The molecule has 1 aromatic carbocycles. The number of ether oxygens (including phenoxy) is 5. The highest BCUT2D eigenvalue weighted by molar-refractivity contribution is 6.24. The van der Waals surface area contributed by atoms with Crippen molar-refractivity contribution in [3.63, 3.8) is 0 Å². The summed E-state index contributed by atoms with van der Waals surface area (Å²) in [5, 5.41) is 12.6. The Bertz CT molecular complexity index is 1780. The lowest BCUT2D eigenvalue weighted by atomic mass is 9.97. The van der Waals surface area contributed by atoms with E-state index >= 15 is 0 Å². The van der Waals surface area contributed by atoms with Crippen molar-refractivity contribution in [2.24, 2.45) is 4.99 Å². The SMILES string of the molecule is CC(=O)OCC1OC(n2c(O)c(C3=c4cccnc4=NC3=O)c3ccccc32)C(OC(C)=O)C(OC(C)=O)C1OC(C)=O. The van der Waals surface area contributed by atoms with Gasteiger partial charge in [-0.15, -0.1) is 0 Å². The van der Waals surface area contributed by atoms with E-state index in [4.69, 9.17) is 23.7 Å². The van der Waals surface area contributed by atoms with Crippen molar-refractivity contribution in [1.29, 1.82) is 0 Å². The second-order valence-electron chi connectivity index (χ2n) is 9.84. The first-order valence-corrected chi connectivity index (χ1v) is 13.2. The van der Waals surface area contributed by atoms with Crippen LogP contribution in [0.1, 0.15) is 39.5 Å². The molecular formula is C29H27N3O11. The Morgan fingerprint density at radius 1 is 0.884 bits per heavy atom. The number of carbonyl (C=O) groups excluding carboxylic acids is 5. The van der Waals surface area contributed by atoms with Crippen LogP contribution < -0.4 is 10.7 Å². The van der Waals surface area contributed by atoms with Crippen molar-refractivity contribution in [1.82, 2.24) is 9.55 Å². The summed E-state index contributed by atoms with van der Waals surface area (Å²) in [6.07, 6.45) is -5.54. The second kappa shape index (κ2) is 11.6. The first-order valence-electron chi connectivity index (χ1n) is 13.2. The van der Waals surface area contributed by atoms with Gasteiger partial charge in [-0.3, -0.25) is 28.5 Å². The van der Waals surface area contributed by atoms with E-state index in [9.17, 15) is 29.1 Å². The zero-order valence-corrected chi connectivity index (χ0v) is 23.5. The first-order chi connectivity index (χ1) is 20.5. The number of aromatic nitrogens is 2. The van der Waals surface area contributed by atoms with Gasteiger partial charge in [-0.1, -0.05) is 18.2 Å². The number of hydrogen-bond donors (Lipinski definition) is 1. The summed E-state index contributed by atoms with van der Waals surface area (Å²) in [5.41, 5.74) is 0.727. The van der Waals surface area contributed by atoms with E-state index in [1.807, 2.05) is 0 Å². The Morgan fingerprint density at radius 2 is 1.53 bits per heavy atom. The number of pyridine rings is 1. The molecule has 0 aliphatic carbocycles. The molecule has 14 nitrogen and oxygen atoms in total. The highest BCUT2D eigenvalue weighted by Gasteiger charge is 2.53. The molecule has 5 unspecified atom stereocenters. The molecule has 0 bridgehead atoms. The molecule has 1 amide bonds. The average Bonchev–Trinajstić information content (AvgIpc) is 3.41. The third-order valence-corrected chi connectivity index (χ3v) is 6.83. The van der Waals surface area contributed by atoms with Gasteiger partial charge in [-0.2, -0.15) is 4.99 Å². The molecule has 1 N–H and O–H groups in total. The molecule has 2 aromatic heterocycles. The lowest BCUT2D eigenvalue weighted by molar-refractivity contribution is -0.268. The van der Waals surface area contributed by atoms with E-state index in [1.54, 1.807) is 36.4 Å². The van der Waals surface area contributed by atoms with Crippen LogP contribution in [0.4, 0.5) is 0 Å². The Labute approximate surface area is 243 Å². The quantitative estimate of drug-likeness (QED) is 0.294. The maximum atomic E-state index is 13.1. The minimum absolute atomic E-state index is 0.0844. The zero-order valence-electron chi connectivity index (χ0n) is 23.5. The van der Waals surface area contributed by atoms with Crippen LogP contribution in [0, 0.1) is 0 Å². The molecule has 2 aliphatic rings. The van der Waals surface area contributed by atoms with E-state index in [0.29, 0.717) is 16.1 Å². The number of rotatable bonds is 7. The van der Waals surface area contributed by atoms with Gasteiger partial charge in [0.15, 0.2) is 30.0 Å². The first kappa shape index (κ1) is 29.4. The highest BCUT2D eigenvalue weighted by atomic mass is 16.7. The lowest BCUT2D eigenvalue weighted by Gasteiger charge is -2.45. The largest absolute Gasteiger partial charge is 0.494 e. The predicted octanol–water partition coefficient (Wildman–Crippen LogP) is 0.356. The van der Waals surface area contributed by atoms with Crippen molar-refractivity contribution in [3.05, 3.63) is 58.9 Å². The van der Waals surface area contributed by atoms with Gasteiger partial charge in [0.05, 0.1) is 16.7 Å². The number of benzene rings is 1. The number of nitrogens with zero attached hydrogens (tertiary/aromatic N) is 3. The number of esters is 4. The molecule has 224 valence electrons. The van der Waals surface area contributed by atoms with Crippen LogP contribution in [0.25, 0.3) is 16.5 Å². The number of aromatic hydroxyl groups is 1. The molecule has 43 heavy (non-hydrogen) atoms. The molecule has 1 fully saturated rings. The fraction of sp³-hybridized carbons (Fsp3) is 0.345. The van der Waals surface area contributed by atoms with E-state index in [1.165, 1.54) is 10.8 Å². The molecule has 2 aliphatic heterocycles. The molecule has 0 saturated carbocycles. The minimum atomic E-state index is -1.49. The van der Waals surface area contributed by atoms with Gasteiger partial charge < -0.3 is 28.8 Å². The summed E-state index contributed by atoms with van der Waals surface area (Å²) >= 11 is 0. The Morgan fingerprint density at radius 3 is 2.21 bits per heavy atom. The minimum Gasteiger partial charge on any atom is -0.494 e. The maximum absolute atomic E-state index is 13.1. The molecule has 5 atom stereocenters. The van der Waals surface area contributed by atoms with E-state index in [2.05, 4.69) is 9.98 Å². The summed E-state index contributed by atoms with van der Waals surface area (Å²) < 4.78 is 29.3. The van der Waals surface area contributed by atoms with Gasteiger partial charge in [0.2, 0.25) is 5.88 Å². The van der Waals surface area contributed by atoms with Gasteiger partial charge in [0.25, 0.3) is 5.91 Å². The summed E-state index contributed by atoms with van der Waals surface area (Å²) in [7, 11) is 0. The molecule has 14 heteroatoms. The molecular weight excluding hydrogens is 566 g/mol. The number of para-hydroxylation sites is 1. The van der Waals surface area contributed by atoms with Gasteiger partial charge in [-0.25, -0.2) is 4.98 Å². The van der Waals surface area contributed by atoms with Crippen LogP contribution in [0.2, 0.25) is 0 Å². The molecule has 1 saturated heterocycles. The fourth-order valence-corrected chi connectivity index (χ4v) is 5.36. The van der Waals surface area contributed by atoms with Crippen molar-refractivity contribution >= 4 is 46.3 Å². The molecule has 5 rings (SSSR count). The van der Waals surface area contributed by atoms with E-state index < -0.39 is 72.9 Å². The zero-order chi connectivity index (χ0) is 31.0. The Balaban J connectivity index is 1.76. The number of carbonyl (C=O) groups is 5. The standard InChI is InChI=1S/C29H27N3O11/c1-13(33)39-12-20-23(40-14(2)34)24(41-15(3)35)25(42-16(4)36)29(43-20)32-19-10-6-5-8-17(19)22(28(32)38)21-18-9-7-11-30-26(18)31-27(21)37/h5-11,20,23-25,29,38H,12H2,1-4H3. The number of fused-ring (bicyclic) bond motifs is 2. The van der Waals surface area contributed by atoms with Crippen LogP contribution in [-0.2, 0) is 47.7 Å². The topological polar surface area (TPSA) is 182 Å². The predicted molar refractivity (Wildman–Crippen MR) is 143 cm³/mol. The molecule has 4 heterocycles.